The molecular weight excluding hydrogens is 412 g/mol. The summed E-state index contributed by atoms with van der Waals surface area (Å²) in [5.74, 6) is 1.17. The van der Waals surface area contributed by atoms with Crippen molar-refractivity contribution in [1.82, 2.24) is 0 Å². The molecule has 0 fully saturated rings. The monoisotopic (exact) mass is 438 g/mol. The average Bonchev–Trinajstić information content (AvgIpc) is 3.14. The van der Waals surface area contributed by atoms with Crippen LogP contribution in [0.3, 0.4) is 0 Å². The van der Waals surface area contributed by atoms with Gasteiger partial charge in [0.15, 0.2) is 11.5 Å². The number of amides is 1. The van der Waals surface area contributed by atoms with E-state index < -0.39 is 0 Å². The summed E-state index contributed by atoms with van der Waals surface area (Å²) in [6, 6.07) is 23.3. The van der Waals surface area contributed by atoms with Crippen molar-refractivity contribution in [1.29, 1.82) is 0 Å². The van der Waals surface area contributed by atoms with Gasteiger partial charge in [-0.2, -0.15) is 10.1 Å². The summed E-state index contributed by atoms with van der Waals surface area (Å²) in [7, 11) is 3.22. The third kappa shape index (κ3) is 4.58. The number of allylic oxidation sites excluding steroid dienone is 2. The second kappa shape index (κ2) is 9.57. The summed E-state index contributed by atoms with van der Waals surface area (Å²) in [4.78, 5) is 13.5. The molecule has 0 saturated carbocycles. The van der Waals surface area contributed by atoms with Gasteiger partial charge in [-0.15, -0.1) is 0 Å². The summed E-state index contributed by atoms with van der Waals surface area (Å²) in [6.45, 7) is 3.91. The quantitative estimate of drug-likeness (QED) is 0.450. The largest absolute Gasteiger partial charge is 0.493 e. The van der Waals surface area contributed by atoms with Gasteiger partial charge in [-0.25, -0.2) is 0 Å². The van der Waals surface area contributed by atoms with E-state index >= 15 is 0 Å². The maximum Gasteiger partial charge on any atom is 0.281 e. The third-order valence-corrected chi connectivity index (χ3v) is 5.50. The Balaban J connectivity index is 1.80. The summed E-state index contributed by atoms with van der Waals surface area (Å²) in [6.07, 6.45) is 3.93. The molecule has 0 aliphatic carbocycles. The zero-order valence-electron chi connectivity index (χ0n) is 19.2. The Bertz CT molecular complexity index is 1260. The minimum absolute atomic E-state index is 0.147. The summed E-state index contributed by atoms with van der Waals surface area (Å²) in [5, 5.41) is 6.02. The zero-order chi connectivity index (χ0) is 23.4. The maximum absolute atomic E-state index is 13.5. The molecule has 0 unspecified atom stereocenters. The summed E-state index contributed by atoms with van der Waals surface area (Å²) < 4.78 is 10.8. The summed E-state index contributed by atoms with van der Waals surface area (Å²) >= 11 is 0. The van der Waals surface area contributed by atoms with Crippen molar-refractivity contribution in [3.63, 3.8) is 0 Å². The fourth-order valence-corrected chi connectivity index (χ4v) is 3.75. The minimum Gasteiger partial charge on any atom is -0.493 e. The molecule has 3 aromatic carbocycles. The van der Waals surface area contributed by atoms with Crippen LogP contribution >= 0.6 is 0 Å². The first-order chi connectivity index (χ1) is 16.0. The van der Waals surface area contributed by atoms with Gasteiger partial charge < -0.3 is 9.47 Å². The predicted octanol–water partition coefficient (Wildman–Crippen LogP) is 5.90. The number of nitrogens with zero attached hydrogens (tertiary/aromatic N) is 2. The van der Waals surface area contributed by atoms with E-state index in [0.29, 0.717) is 22.8 Å². The van der Waals surface area contributed by atoms with Crippen molar-refractivity contribution in [3.05, 3.63) is 101 Å². The lowest BCUT2D eigenvalue weighted by Crippen LogP contribution is -2.21. The first-order valence-corrected chi connectivity index (χ1v) is 10.7. The van der Waals surface area contributed by atoms with Crippen molar-refractivity contribution < 1.29 is 14.3 Å². The Morgan fingerprint density at radius 1 is 0.879 bits per heavy atom. The van der Waals surface area contributed by atoms with E-state index in [1.807, 2.05) is 98.8 Å². The van der Waals surface area contributed by atoms with Gasteiger partial charge in [0.1, 0.15) is 0 Å². The number of hydrogen-bond donors (Lipinski definition) is 0. The van der Waals surface area contributed by atoms with E-state index in [0.717, 1.165) is 28.0 Å². The second-order valence-corrected chi connectivity index (χ2v) is 7.74. The van der Waals surface area contributed by atoms with Gasteiger partial charge in [-0.3, -0.25) is 4.79 Å². The smallest absolute Gasteiger partial charge is 0.281 e. The molecule has 0 bridgehead atoms. The Morgan fingerprint density at radius 3 is 2.24 bits per heavy atom. The summed E-state index contributed by atoms with van der Waals surface area (Å²) in [5.41, 5.74) is 5.85. The number of anilines is 1. The molecule has 33 heavy (non-hydrogen) atoms. The first-order valence-electron chi connectivity index (χ1n) is 10.7. The number of hydrogen-bond acceptors (Lipinski definition) is 4. The molecule has 5 heteroatoms. The molecule has 0 spiro atoms. The first kappa shape index (κ1) is 22.1. The highest BCUT2D eigenvalue weighted by Crippen LogP contribution is 2.32. The molecule has 1 aliphatic rings. The molecule has 4 rings (SSSR count). The standard InChI is InChI=1S/C28H26N2O3/c1-19-10-14-22(15-11-19)24(16-12-21-13-17-25(32-3)26(18-21)33-4)27-20(2)29-30(28(27)31)23-8-6-5-7-9-23/h5-18H,1-4H3/b16-12+,27-24+. The van der Waals surface area contributed by atoms with Crippen LogP contribution in [0.15, 0.2) is 89.5 Å². The second-order valence-electron chi connectivity index (χ2n) is 7.74. The van der Waals surface area contributed by atoms with Gasteiger partial charge >= 0.3 is 0 Å². The van der Waals surface area contributed by atoms with Gasteiger partial charge in [-0.05, 0) is 54.8 Å². The zero-order valence-corrected chi connectivity index (χ0v) is 19.2. The lowest BCUT2D eigenvalue weighted by Gasteiger charge is -2.13. The van der Waals surface area contributed by atoms with Gasteiger partial charge in [-0.1, -0.05) is 66.2 Å². The van der Waals surface area contributed by atoms with Gasteiger partial charge in [0.2, 0.25) is 0 Å². The van der Waals surface area contributed by atoms with E-state index in [2.05, 4.69) is 5.10 Å². The molecule has 0 N–H and O–H groups in total. The van der Waals surface area contributed by atoms with E-state index in [9.17, 15) is 4.79 Å². The number of rotatable bonds is 6. The Morgan fingerprint density at radius 2 is 1.58 bits per heavy atom. The van der Waals surface area contributed by atoms with Crippen LogP contribution in [0, 0.1) is 6.92 Å². The molecule has 1 aliphatic heterocycles. The molecule has 5 nitrogen and oxygen atoms in total. The molecule has 0 aromatic heterocycles. The van der Waals surface area contributed by atoms with Crippen LogP contribution in [-0.2, 0) is 4.79 Å². The normalized spacial score (nSPS) is 15.1. The number of benzene rings is 3. The minimum atomic E-state index is -0.147. The number of aryl methyl sites for hydroxylation is 1. The van der Waals surface area contributed by atoms with Crippen molar-refractivity contribution in [2.75, 3.05) is 19.2 Å². The number of carbonyl (C=O) groups is 1. The van der Waals surface area contributed by atoms with Crippen molar-refractivity contribution >= 4 is 29.0 Å². The van der Waals surface area contributed by atoms with E-state index in [-0.39, 0.29) is 5.91 Å². The lowest BCUT2D eigenvalue weighted by atomic mass is 9.95. The van der Waals surface area contributed by atoms with Gasteiger partial charge in [0.05, 0.1) is 31.2 Å². The Kier molecular flexibility index (Phi) is 6.41. The highest BCUT2D eigenvalue weighted by molar-refractivity contribution is 6.34. The van der Waals surface area contributed by atoms with Gasteiger partial charge in [0, 0.05) is 0 Å². The third-order valence-electron chi connectivity index (χ3n) is 5.50. The highest BCUT2D eigenvalue weighted by Gasteiger charge is 2.31. The number of ether oxygens (including phenoxy) is 2. The van der Waals surface area contributed by atoms with Crippen molar-refractivity contribution in [2.24, 2.45) is 5.10 Å². The Labute approximate surface area is 194 Å². The van der Waals surface area contributed by atoms with Crippen LogP contribution in [0.25, 0.3) is 11.6 Å². The molecule has 1 heterocycles. The van der Waals surface area contributed by atoms with Crippen molar-refractivity contribution in [2.45, 2.75) is 13.8 Å². The fourth-order valence-electron chi connectivity index (χ4n) is 3.75. The number of carbonyl (C=O) groups excluding carboxylic acids is 1. The predicted molar refractivity (Wildman–Crippen MR) is 134 cm³/mol. The lowest BCUT2D eigenvalue weighted by molar-refractivity contribution is -0.114. The van der Waals surface area contributed by atoms with E-state index in [1.165, 1.54) is 5.01 Å². The van der Waals surface area contributed by atoms with Crippen LogP contribution in [0.4, 0.5) is 5.69 Å². The number of methoxy groups -OCH3 is 2. The SMILES string of the molecule is COc1ccc(/C=C/C(=C2\C(=O)N(c3ccccc3)N=C2C)c2ccc(C)cc2)cc1OC. The van der Waals surface area contributed by atoms with Crippen LogP contribution < -0.4 is 14.5 Å². The number of para-hydroxylation sites is 1. The number of hydrazone groups is 1. The van der Waals surface area contributed by atoms with Gasteiger partial charge in [0.25, 0.3) is 5.91 Å². The molecule has 0 saturated heterocycles. The fraction of sp³-hybridized carbons (Fsp3) is 0.143. The molecular formula is C28H26N2O3. The topological polar surface area (TPSA) is 51.1 Å². The molecule has 166 valence electrons. The van der Waals surface area contributed by atoms with Crippen LogP contribution in [0.1, 0.15) is 23.6 Å². The Hall–Kier alpha value is -4.12. The molecule has 1 amide bonds. The maximum atomic E-state index is 13.5. The van der Waals surface area contributed by atoms with E-state index in [1.54, 1.807) is 14.2 Å². The molecule has 0 radical (unpaired) electrons. The van der Waals surface area contributed by atoms with Crippen LogP contribution in [0.2, 0.25) is 0 Å². The molecule has 3 aromatic rings. The van der Waals surface area contributed by atoms with Crippen molar-refractivity contribution in [3.8, 4) is 11.5 Å². The molecule has 0 atom stereocenters. The van der Waals surface area contributed by atoms with E-state index in [4.69, 9.17) is 9.47 Å². The average molecular weight is 439 g/mol. The highest BCUT2D eigenvalue weighted by atomic mass is 16.5. The van der Waals surface area contributed by atoms with Crippen LogP contribution in [-0.4, -0.2) is 25.8 Å². The van der Waals surface area contributed by atoms with Crippen LogP contribution in [0.5, 0.6) is 11.5 Å².